The fraction of sp³-hybridized carbons (Fsp3) is 0.531. The van der Waals surface area contributed by atoms with Gasteiger partial charge in [-0.05, 0) is 42.4 Å². The van der Waals surface area contributed by atoms with Gasteiger partial charge in [-0.25, -0.2) is 9.67 Å². The number of hydrogen-bond donors (Lipinski definition) is 1. The highest BCUT2D eigenvalue weighted by Gasteiger charge is 2.32. The van der Waals surface area contributed by atoms with E-state index in [1.54, 1.807) is 23.0 Å². The Hall–Kier alpha value is -3.83. The molecule has 2 aromatic heterocycles. The van der Waals surface area contributed by atoms with Crippen molar-refractivity contribution in [3.8, 4) is 5.88 Å². The predicted molar refractivity (Wildman–Crippen MR) is 162 cm³/mol. The second-order valence-corrected chi connectivity index (χ2v) is 11.9. The van der Waals surface area contributed by atoms with Crippen LogP contribution in [0.1, 0.15) is 48.3 Å². The molecule has 3 aliphatic heterocycles. The maximum atomic E-state index is 13.9. The van der Waals surface area contributed by atoms with Gasteiger partial charge in [-0.2, -0.15) is 0 Å². The molecule has 11 heteroatoms. The summed E-state index contributed by atoms with van der Waals surface area (Å²) >= 11 is 0. The lowest BCUT2D eigenvalue weighted by atomic mass is 9.95. The van der Waals surface area contributed by atoms with Crippen molar-refractivity contribution in [1.29, 1.82) is 0 Å². The van der Waals surface area contributed by atoms with Gasteiger partial charge in [0.1, 0.15) is 18.2 Å². The number of nitrogens with one attached hydrogen (secondary N) is 1. The molecule has 5 heterocycles. The minimum atomic E-state index is -0.807. The number of fused-ring (bicyclic) bond motifs is 12. The van der Waals surface area contributed by atoms with Crippen molar-refractivity contribution in [2.24, 2.45) is 11.8 Å². The molecule has 1 fully saturated rings. The molecule has 0 aliphatic carbocycles. The van der Waals surface area contributed by atoms with E-state index >= 15 is 0 Å². The highest BCUT2D eigenvalue weighted by molar-refractivity contribution is 5.99. The van der Waals surface area contributed by atoms with Gasteiger partial charge >= 0.3 is 0 Å². The summed E-state index contributed by atoms with van der Waals surface area (Å²) in [5.41, 5.74) is 2.01. The van der Waals surface area contributed by atoms with Gasteiger partial charge in [0.25, 0.3) is 5.91 Å². The first-order valence-electron chi connectivity index (χ1n) is 15.3. The maximum Gasteiger partial charge on any atom is 0.257 e. The number of benzene rings is 1. The SMILES string of the molecule is CC(C)CN1CCOCCOc2ncccc2C(=O)N[C@H](Cc2cn(Cc3ccccc3)nn2)C(=O)N2CCC(CC2)C1. The Morgan fingerprint density at radius 3 is 2.60 bits per heavy atom. The molecular weight excluding hydrogens is 546 g/mol. The average molecular weight is 590 g/mol. The van der Waals surface area contributed by atoms with E-state index in [0.717, 1.165) is 38.0 Å². The van der Waals surface area contributed by atoms with E-state index < -0.39 is 11.9 Å². The molecule has 3 aliphatic rings. The fourth-order valence-corrected chi connectivity index (χ4v) is 5.79. The average Bonchev–Trinajstić information content (AvgIpc) is 3.45. The summed E-state index contributed by atoms with van der Waals surface area (Å²) in [5, 5.41) is 11.6. The number of carbonyl (C=O) groups is 2. The van der Waals surface area contributed by atoms with Crippen LogP contribution in [-0.4, -0.2) is 100 Å². The molecule has 0 radical (unpaired) electrons. The number of piperidine rings is 1. The molecule has 230 valence electrons. The van der Waals surface area contributed by atoms with E-state index in [1.165, 1.54) is 0 Å². The van der Waals surface area contributed by atoms with E-state index in [-0.39, 0.29) is 30.4 Å². The normalized spacial score (nSPS) is 21.1. The second kappa shape index (κ2) is 15.1. The van der Waals surface area contributed by atoms with Crippen molar-refractivity contribution in [3.05, 3.63) is 71.7 Å². The lowest BCUT2D eigenvalue weighted by Gasteiger charge is -2.37. The molecule has 2 amide bonds. The molecule has 1 aromatic carbocycles. The summed E-state index contributed by atoms with van der Waals surface area (Å²) in [6.07, 6.45) is 5.50. The standard InChI is InChI=1S/C32H43N7O4/c1-24(2)20-37-15-16-42-17-18-43-31-28(9-6-12-33-31)30(40)34-29(32(41)38-13-10-26(21-37)11-14-38)19-27-23-39(36-35-27)22-25-7-4-3-5-8-25/h3-9,12,23-24,26,29H,10-11,13-22H2,1-2H3,(H,34,40)/t29-/m1/s1. The van der Waals surface area contributed by atoms with Crippen molar-refractivity contribution in [2.75, 3.05) is 52.5 Å². The Bertz CT molecular complexity index is 1320. The first kappa shape index (κ1) is 30.6. The summed E-state index contributed by atoms with van der Waals surface area (Å²) < 4.78 is 13.5. The van der Waals surface area contributed by atoms with Crippen LogP contribution >= 0.6 is 0 Å². The predicted octanol–water partition coefficient (Wildman–Crippen LogP) is 2.67. The first-order chi connectivity index (χ1) is 20.9. The summed E-state index contributed by atoms with van der Waals surface area (Å²) in [7, 11) is 0. The third-order valence-corrected chi connectivity index (χ3v) is 7.89. The Morgan fingerprint density at radius 1 is 1.00 bits per heavy atom. The van der Waals surface area contributed by atoms with E-state index in [4.69, 9.17) is 9.47 Å². The number of pyridine rings is 1. The zero-order valence-electron chi connectivity index (χ0n) is 25.2. The lowest BCUT2D eigenvalue weighted by molar-refractivity contribution is -0.134. The zero-order valence-corrected chi connectivity index (χ0v) is 25.2. The monoisotopic (exact) mass is 589 g/mol. The molecule has 6 rings (SSSR count). The number of ether oxygens (including phenoxy) is 2. The molecule has 43 heavy (non-hydrogen) atoms. The van der Waals surface area contributed by atoms with Crippen LogP contribution in [-0.2, 0) is 22.5 Å². The van der Waals surface area contributed by atoms with Gasteiger partial charge in [-0.3, -0.25) is 9.59 Å². The van der Waals surface area contributed by atoms with Gasteiger partial charge in [0.05, 0.1) is 25.5 Å². The highest BCUT2D eigenvalue weighted by atomic mass is 16.5. The van der Waals surface area contributed by atoms with Gasteiger partial charge in [0.15, 0.2) is 0 Å². The van der Waals surface area contributed by atoms with Crippen molar-refractivity contribution in [2.45, 2.75) is 45.7 Å². The Labute approximate surface area is 253 Å². The Kier molecular flexibility index (Phi) is 10.7. The van der Waals surface area contributed by atoms with Crippen molar-refractivity contribution >= 4 is 11.8 Å². The maximum absolute atomic E-state index is 13.9. The fourth-order valence-electron chi connectivity index (χ4n) is 5.79. The molecule has 3 aromatic rings. The van der Waals surface area contributed by atoms with Crippen LogP contribution in [0.25, 0.3) is 0 Å². The Balaban J connectivity index is 1.35. The molecule has 1 atom stereocenters. The van der Waals surface area contributed by atoms with Crippen molar-refractivity contribution in [3.63, 3.8) is 0 Å². The van der Waals surface area contributed by atoms with Crippen LogP contribution in [0.4, 0.5) is 0 Å². The first-order valence-corrected chi connectivity index (χ1v) is 15.3. The van der Waals surface area contributed by atoms with Gasteiger partial charge in [0.2, 0.25) is 11.8 Å². The third kappa shape index (κ3) is 8.84. The number of carbonyl (C=O) groups excluding carboxylic acids is 2. The highest BCUT2D eigenvalue weighted by Crippen LogP contribution is 2.21. The van der Waals surface area contributed by atoms with E-state index in [0.29, 0.717) is 50.4 Å². The summed E-state index contributed by atoms with van der Waals surface area (Å²) in [6.45, 7) is 10.5. The van der Waals surface area contributed by atoms with Crippen molar-refractivity contribution < 1.29 is 19.1 Å². The smallest absolute Gasteiger partial charge is 0.257 e. The number of hydrogen-bond acceptors (Lipinski definition) is 8. The van der Waals surface area contributed by atoms with E-state index in [9.17, 15) is 9.59 Å². The van der Waals surface area contributed by atoms with Crippen molar-refractivity contribution in [1.82, 2.24) is 35.1 Å². The molecule has 0 saturated carbocycles. The van der Waals surface area contributed by atoms with Gasteiger partial charge in [0, 0.05) is 51.5 Å². The Morgan fingerprint density at radius 2 is 1.81 bits per heavy atom. The van der Waals surface area contributed by atoms with Crippen LogP contribution in [0.5, 0.6) is 5.88 Å². The summed E-state index contributed by atoms with van der Waals surface area (Å²) in [6, 6.07) is 12.5. The van der Waals surface area contributed by atoms with Crippen LogP contribution in [0.15, 0.2) is 54.9 Å². The van der Waals surface area contributed by atoms with Gasteiger partial charge in [-0.15, -0.1) is 5.10 Å². The number of nitrogens with zero attached hydrogens (tertiary/aromatic N) is 6. The number of rotatable bonds is 6. The minimum absolute atomic E-state index is 0.107. The largest absolute Gasteiger partial charge is 0.475 e. The summed E-state index contributed by atoms with van der Waals surface area (Å²) in [5.74, 6) is 0.755. The van der Waals surface area contributed by atoms with Gasteiger partial charge < -0.3 is 24.6 Å². The topological polar surface area (TPSA) is 115 Å². The third-order valence-electron chi connectivity index (χ3n) is 7.89. The quantitative estimate of drug-likeness (QED) is 0.437. The molecule has 0 unspecified atom stereocenters. The molecule has 1 saturated heterocycles. The zero-order chi connectivity index (χ0) is 30.0. The molecule has 0 spiro atoms. The van der Waals surface area contributed by atoms with E-state index in [2.05, 4.69) is 39.4 Å². The lowest BCUT2D eigenvalue weighted by Crippen LogP contribution is -2.52. The summed E-state index contributed by atoms with van der Waals surface area (Å²) in [4.78, 5) is 36.1. The minimum Gasteiger partial charge on any atom is -0.475 e. The molecule has 1 N–H and O–H groups in total. The number of amides is 2. The van der Waals surface area contributed by atoms with Crippen LogP contribution < -0.4 is 10.1 Å². The van der Waals surface area contributed by atoms with Crippen LogP contribution in [0.3, 0.4) is 0 Å². The van der Waals surface area contributed by atoms with Crippen LogP contribution in [0.2, 0.25) is 0 Å². The van der Waals surface area contributed by atoms with E-state index in [1.807, 2.05) is 41.4 Å². The molecular formula is C32H43N7O4. The van der Waals surface area contributed by atoms with Gasteiger partial charge in [-0.1, -0.05) is 49.4 Å². The number of aromatic nitrogens is 4. The second-order valence-electron chi connectivity index (χ2n) is 11.9. The molecule has 2 bridgehead atoms. The molecule has 11 nitrogen and oxygen atoms in total. The van der Waals surface area contributed by atoms with Crippen LogP contribution in [0, 0.1) is 11.8 Å².